The third-order valence-corrected chi connectivity index (χ3v) is 7.16. The summed E-state index contributed by atoms with van der Waals surface area (Å²) in [6.07, 6.45) is -1.16. The predicted molar refractivity (Wildman–Crippen MR) is 147 cm³/mol. The molecule has 37 heavy (non-hydrogen) atoms. The van der Waals surface area contributed by atoms with E-state index in [0.29, 0.717) is 12.2 Å². The van der Waals surface area contributed by atoms with Gasteiger partial charge in [0.25, 0.3) is 6.47 Å². The molecule has 0 spiro atoms. The summed E-state index contributed by atoms with van der Waals surface area (Å²) in [7, 11) is 0. The molecule has 2 atom stereocenters. The van der Waals surface area contributed by atoms with Crippen molar-refractivity contribution in [1.29, 1.82) is 0 Å². The molecule has 4 aromatic rings. The van der Waals surface area contributed by atoms with Gasteiger partial charge in [-0.2, -0.15) is 4.37 Å². The fraction of sp³-hybridized carbons (Fsp3) is 0.233. The number of hydrogen-bond acceptors (Lipinski definition) is 6. The fourth-order valence-corrected chi connectivity index (χ4v) is 5.01. The van der Waals surface area contributed by atoms with E-state index < -0.39 is 6.09 Å². The van der Waals surface area contributed by atoms with Gasteiger partial charge in [0.2, 0.25) is 0 Å². The maximum atomic E-state index is 12.6. The Kier molecular flexibility index (Phi) is 8.36. The van der Waals surface area contributed by atoms with Crippen LogP contribution in [0.5, 0.6) is 0 Å². The largest absolute Gasteiger partial charge is 0.459 e. The highest BCUT2D eigenvalue weighted by atomic mass is 32.1. The Morgan fingerprint density at radius 1 is 0.865 bits per heavy atom. The van der Waals surface area contributed by atoms with Gasteiger partial charge < -0.3 is 9.47 Å². The first-order valence-corrected chi connectivity index (χ1v) is 12.9. The minimum atomic E-state index is -0.518. The zero-order chi connectivity index (χ0) is 26.4. The number of carbonyl (C=O) groups is 2. The molecule has 0 aliphatic heterocycles. The average molecular weight is 515 g/mol. The lowest BCUT2D eigenvalue weighted by atomic mass is 9.96. The highest BCUT2D eigenvalue weighted by molar-refractivity contribution is 7.10. The van der Waals surface area contributed by atoms with Crippen molar-refractivity contribution >= 4 is 29.8 Å². The summed E-state index contributed by atoms with van der Waals surface area (Å²) < 4.78 is 15.3. The van der Waals surface area contributed by atoms with Crippen LogP contribution < -0.4 is 5.32 Å². The van der Waals surface area contributed by atoms with E-state index in [2.05, 4.69) is 9.69 Å². The monoisotopic (exact) mass is 514 g/mol. The van der Waals surface area contributed by atoms with Crippen LogP contribution in [0.25, 0.3) is 21.6 Å². The molecule has 0 saturated carbocycles. The third kappa shape index (κ3) is 6.24. The molecular formula is C30H30N2O4S. The number of carbonyl (C=O) groups excluding carboxylic acids is 2. The van der Waals surface area contributed by atoms with Crippen molar-refractivity contribution < 1.29 is 19.1 Å². The van der Waals surface area contributed by atoms with Crippen LogP contribution in [0.1, 0.15) is 49.8 Å². The first-order chi connectivity index (χ1) is 17.9. The molecule has 0 aliphatic carbocycles. The average Bonchev–Trinajstić information content (AvgIpc) is 3.27. The summed E-state index contributed by atoms with van der Waals surface area (Å²) in [4.78, 5) is 24.4. The number of anilines is 1. The molecule has 0 fully saturated rings. The molecule has 6 nitrogen and oxygen atoms in total. The smallest absolute Gasteiger partial charge is 0.412 e. The molecule has 3 aromatic carbocycles. The maximum Gasteiger partial charge on any atom is 0.412 e. The van der Waals surface area contributed by atoms with Crippen molar-refractivity contribution in [3.05, 3.63) is 95.7 Å². The van der Waals surface area contributed by atoms with Crippen LogP contribution in [-0.4, -0.2) is 16.9 Å². The fourth-order valence-electron chi connectivity index (χ4n) is 4.16. The summed E-state index contributed by atoms with van der Waals surface area (Å²) in [5.74, 6) is 0.180. The number of rotatable bonds is 9. The van der Waals surface area contributed by atoms with Crippen molar-refractivity contribution in [3.63, 3.8) is 0 Å². The Hall–Kier alpha value is -3.97. The van der Waals surface area contributed by atoms with Gasteiger partial charge >= 0.3 is 6.09 Å². The van der Waals surface area contributed by atoms with Crippen LogP contribution >= 0.6 is 11.5 Å². The number of aryl methyl sites for hydroxylation is 1. The van der Waals surface area contributed by atoms with Crippen LogP contribution in [0, 0.1) is 12.8 Å². The number of amides is 1. The SMILES string of the molecule is Cc1nsc(-c2ccc(-c3ccc([C@@H](OC=O)C(C)C)cc3)cc2)c1NC(=O)O[C@H](C)c1ccccc1. The minimum Gasteiger partial charge on any atom is -0.459 e. The van der Waals surface area contributed by atoms with E-state index in [1.807, 2.05) is 107 Å². The van der Waals surface area contributed by atoms with E-state index in [1.165, 1.54) is 11.5 Å². The lowest BCUT2D eigenvalue weighted by Gasteiger charge is -2.19. The second kappa shape index (κ2) is 11.8. The lowest BCUT2D eigenvalue weighted by Crippen LogP contribution is -2.16. The van der Waals surface area contributed by atoms with E-state index >= 15 is 0 Å². The normalized spacial score (nSPS) is 12.6. The second-order valence-corrected chi connectivity index (χ2v) is 9.93. The van der Waals surface area contributed by atoms with Crippen LogP contribution in [0.3, 0.4) is 0 Å². The molecule has 4 rings (SSSR count). The first kappa shape index (κ1) is 26.1. The van der Waals surface area contributed by atoms with E-state index in [9.17, 15) is 9.59 Å². The lowest BCUT2D eigenvalue weighted by molar-refractivity contribution is -0.136. The van der Waals surface area contributed by atoms with Gasteiger partial charge in [0.1, 0.15) is 12.2 Å². The molecule has 1 N–H and O–H groups in total. The molecular weight excluding hydrogens is 484 g/mol. The Balaban J connectivity index is 1.48. The number of ether oxygens (including phenoxy) is 2. The molecule has 7 heteroatoms. The van der Waals surface area contributed by atoms with E-state index in [-0.39, 0.29) is 18.1 Å². The summed E-state index contributed by atoms with van der Waals surface area (Å²) in [6.45, 7) is 8.26. The van der Waals surface area contributed by atoms with Gasteiger partial charge in [-0.3, -0.25) is 10.1 Å². The Labute approximate surface area is 221 Å². The van der Waals surface area contributed by atoms with Gasteiger partial charge in [0, 0.05) is 0 Å². The predicted octanol–water partition coefficient (Wildman–Crippen LogP) is 7.97. The van der Waals surface area contributed by atoms with Gasteiger partial charge in [-0.1, -0.05) is 92.7 Å². The highest BCUT2D eigenvalue weighted by Crippen LogP contribution is 2.36. The highest BCUT2D eigenvalue weighted by Gasteiger charge is 2.19. The number of benzene rings is 3. The van der Waals surface area contributed by atoms with Crippen molar-refractivity contribution in [2.45, 2.75) is 39.9 Å². The molecule has 0 bridgehead atoms. The quantitative estimate of drug-likeness (QED) is 0.229. The van der Waals surface area contributed by atoms with Gasteiger partial charge in [-0.15, -0.1) is 0 Å². The van der Waals surface area contributed by atoms with Crippen LogP contribution in [-0.2, 0) is 14.3 Å². The Morgan fingerprint density at radius 2 is 1.46 bits per heavy atom. The summed E-state index contributed by atoms with van der Waals surface area (Å²) in [5.41, 5.74) is 6.35. The van der Waals surface area contributed by atoms with Crippen LogP contribution in [0.2, 0.25) is 0 Å². The maximum absolute atomic E-state index is 12.6. The zero-order valence-electron chi connectivity index (χ0n) is 21.3. The molecule has 190 valence electrons. The molecule has 0 saturated heterocycles. The first-order valence-electron chi connectivity index (χ1n) is 12.2. The van der Waals surface area contributed by atoms with Gasteiger partial charge in [-0.05, 0) is 59.1 Å². The van der Waals surface area contributed by atoms with Crippen LogP contribution in [0.15, 0.2) is 78.9 Å². The van der Waals surface area contributed by atoms with Crippen molar-refractivity contribution in [2.75, 3.05) is 5.32 Å². The second-order valence-electron chi connectivity index (χ2n) is 9.15. The molecule has 1 aromatic heterocycles. The van der Waals surface area contributed by atoms with E-state index in [1.54, 1.807) is 0 Å². The van der Waals surface area contributed by atoms with E-state index in [4.69, 9.17) is 9.47 Å². The Morgan fingerprint density at radius 3 is 2.05 bits per heavy atom. The standard InChI is InChI=1S/C30H30N2O4S/c1-19(2)28(35-18-33)25-14-10-23(11-15-25)24-12-16-26(17-13-24)29-27(20(3)32-37-29)31-30(34)36-21(4)22-8-6-5-7-9-22/h5-19,21,28H,1-4H3,(H,31,34)/t21-,28+/m1/s1. The molecule has 0 aliphatic rings. The van der Waals surface area contributed by atoms with Crippen molar-refractivity contribution in [3.8, 4) is 21.6 Å². The molecule has 0 radical (unpaired) electrons. The van der Waals surface area contributed by atoms with Gasteiger partial charge in [0.05, 0.1) is 16.3 Å². The van der Waals surface area contributed by atoms with Crippen molar-refractivity contribution in [1.82, 2.24) is 4.37 Å². The summed E-state index contributed by atoms with van der Waals surface area (Å²) in [5, 5.41) is 2.89. The minimum absolute atomic E-state index is 0.180. The molecule has 1 amide bonds. The summed E-state index contributed by atoms with van der Waals surface area (Å²) in [6, 6.07) is 25.8. The van der Waals surface area contributed by atoms with Gasteiger partial charge in [-0.25, -0.2) is 4.79 Å². The number of aromatic nitrogens is 1. The van der Waals surface area contributed by atoms with Crippen molar-refractivity contribution in [2.24, 2.45) is 5.92 Å². The number of nitrogens with one attached hydrogen (secondary N) is 1. The third-order valence-electron chi connectivity index (χ3n) is 6.17. The Bertz CT molecular complexity index is 1330. The molecule has 1 heterocycles. The zero-order valence-corrected chi connectivity index (χ0v) is 22.1. The number of nitrogens with zero attached hydrogens (tertiary/aromatic N) is 1. The van der Waals surface area contributed by atoms with E-state index in [0.717, 1.165) is 38.4 Å². The molecule has 0 unspecified atom stereocenters. The van der Waals surface area contributed by atoms with Crippen LogP contribution in [0.4, 0.5) is 10.5 Å². The van der Waals surface area contributed by atoms with Gasteiger partial charge in [0.15, 0.2) is 0 Å². The number of hydrogen-bond donors (Lipinski definition) is 1. The summed E-state index contributed by atoms with van der Waals surface area (Å²) >= 11 is 1.34. The topological polar surface area (TPSA) is 77.5 Å².